The second kappa shape index (κ2) is 9.37. The molecule has 0 unspecified atom stereocenters. The molecule has 30 heavy (non-hydrogen) atoms. The standard InChI is InChI=1S/C21H26FN2O5P/c1-15(24-28-13-16-2-8-20(22)9-3-16)17-4-6-18(7-5-17)19-10-11-21(23,12-19)14-29-30(25,26)27/h2-9,19H,10-14,23H2,1H3,(H2,25,26,27)/t19-,21-/m1/s1. The van der Waals surface area contributed by atoms with Crippen molar-refractivity contribution in [2.75, 3.05) is 6.61 Å². The Morgan fingerprint density at radius 3 is 2.53 bits per heavy atom. The van der Waals surface area contributed by atoms with Crippen LogP contribution in [-0.2, 0) is 20.5 Å². The van der Waals surface area contributed by atoms with E-state index in [4.69, 9.17) is 20.4 Å². The first-order valence-electron chi connectivity index (χ1n) is 9.64. The van der Waals surface area contributed by atoms with Crippen LogP contribution < -0.4 is 5.73 Å². The number of phosphoric ester groups is 1. The summed E-state index contributed by atoms with van der Waals surface area (Å²) in [6.45, 7) is 1.94. The Hall–Kier alpha value is -2.09. The van der Waals surface area contributed by atoms with Crippen LogP contribution in [0.2, 0.25) is 0 Å². The molecule has 2 aromatic carbocycles. The van der Waals surface area contributed by atoms with Crippen LogP contribution in [0.5, 0.6) is 0 Å². The average molecular weight is 436 g/mol. The predicted octanol–water partition coefficient (Wildman–Crippen LogP) is 3.84. The van der Waals surface area contributed by atoms with E-state index in [9.17, 15) is 8.96 Å². The summed E-state index contributed by atoms with van der Waals surface area (Å²) in [5.41, 5.74) is 9.10. The van der Waals surface area contributed by atoms with Gasteiger partial charge in [-0.15, -0.1) is 0 Å². The zero-order valence-electron chi connectivity index (χ0n) is 16.7. The number of rotatable bonds is 8. The molecule has 9 heteroatoms. The van der Waals surface area contributed by atoms with E-state index in [1.807, 2.05) is 31.2 Å². The van der Waals surface area contributed by atoms with Crippen LogP contribution in [0.1, 0.15) is 48.8 Å². The van der Waals surface area contributed by atoms with E-state index >= 15 is 0 Å². The molecule has 162 valence electrons. The summed E-state index contributed by atoms with van der Waals surface area (Å²) in [6, 6.07) is 14.0. The highest BCUT2D eigenvalue weighted by Gasteiger charge is 2.38. The number of hydrogen-bond acceptors (Lipinski definition) is 5. The van der Waals surface area contributed by atoms with Gasteiger partial charge in [-0.25, -0.2) is 8.96 Å². The SMILES string of the molecule is CC(=NOCc1ccc(F)cc1)c1ccc([C@@H]2CC[C@](N)(COP(=O)(O)O)C2)cc1. The Kier molecular flexibility index (Phi) is 7.06. The highest BCUT2D eigenvalue weighted by molar-refractivity contribution is 7.46. The molecule has 0 radical (unpaired) electrons. The topological polar surface area (TPSA) is 114 Å². The van der Waals surface area contributed by atoms with Gasteiger partial charge in [0.15, 0.2) is 0 Å². The van der Waals surface area contributed by atoms with Crippen LogP contribution in [0.4, 0.5) is 4.39 Å². The molecule has 2 aromatic rings. The van der Waals surface area contributed by atoms with Gasteiger partial charge in [0, 0.05) is 5.54 Å². The van der Waals surface area contributed by atoms with Crippen molar-refractivity contribution < 1.29 is 28.1 Å². The summed E-state index contributed by atoms with van der Waals surface area (Å²) < 4.78 is 28.5. The Labute approximate surface area is 174 Å². The molecule has 1 aliphatic carbocycles. The second-order valence-electron chi connectivity index (χ2n) is 7.76. The normalized spacial score (nSPS) is 22.3. The van der Waals surface area contributed by atoms with Crippen molar-refractivity contribution >= 4 is 13.5 Å². The van der Waals surface area contributed by atoms with Crippen LogP contribution in [0, 0.1) is 5.82 Å². The van der Waals surface area contributed by atoms with Gasteiger partial charge in [-0.1, -0.05) is 41.6 Å². The summed E-state index contributed by atoms with van der Waals surface area (Å²) >= 11 is 0. The average Bonchev–Trinajstić information content (AvgIpc) is 3.10. The molecule has 0 heterocycles. The van der Waals surface area contributed by atoms with Gasteiger partial charge in [0.1, 0.15) is 12.4 Å². The number of nitrogens with zero attached hydrogens (tertiary/aromatic N) is 1. The van der Waals surface area contributed by atoms with Gasteiger partial charge >= 0.3 is 7.82 Å². The minimum Gasteiger partial charge on any atom is -0.391 e. The van der Waals surface area contributed by atoms with Crippen LogP contribution in [-0.4, -0.2) is 27.6 Å². The lowest BCUT2D eigenvalue weighted by Crippen LogP contribution is -2.41. The van der Waals surface area contributed by atoms with E-state index in [0.717, 1.165) is 28.8 Å². The summed E-state index contributed by atoms with van der Waals surface area (Å²) in [4.78, 5) is 23.1. The fourth-order valence-corrected chi connectivity index (χ4v) is 4.04. The first-order chi connectivity index (χ1) is 14.1. The van der Waals surface area contributed by atoms with Crippen LogP contribution in [0.25, 0.3) is 0 Å². The highest BCUT2D eigenvalue weighted by Crippen LogP contribution is 2.43. The van der Waals surface area contributed by atoms with E-state index in [0.29, 0.717) is 12.8 Å². The fourth-order valence-electron chi connectivity index (χ4n) is 3.62. The number of halogens is 1. The van der Waals surface area contributed by atoms with E-state index in [1.54, 1.807) is 12.1 Å². The summed E-state index contributed by atoms with van der Waals surface area (Å²) in [5, 5.41) is 4.12. The molecule has 0 saturated heterocycles. The molecular formula is C21H26FN2O5P. The molecule has 1 saturated carbocycles. The number of oxime groups is 1. The number of nitrogens with two attached hydrogens (primary N) is 1. The van der Waals surface area contributed by atoms with E-state index in [1.165, 1.54) is 12.1 Å². The lowest BCUT2D eigenvalue weighted by molar-refractivity contribution is 0.130. The molecule has 0 bridgehead atoms. The van der Waals surface area contributed by atoms with Crippen molar-refractivity contribution in [3.63, 3.8) is 0 Å². The summed E-state index contributed by atoms with van der Waals surface area (Å²) in [5.74, 6) is -0.0848. The third-order valence-corrected chi connectivity index (χ3v) is 5.78. The molecule has 1 aliphatic rings. The first kappa shape index (κ1) is 22.6. The minimum absolute atomic E-state index is 0.164. The molecule has 0 aliphatic heterocycles. The van der Waals surface area contributed by atoms with E-state index in [-0.39, 0.29) is 24.9 Å². The lowest BCUT2D eigenvalue weighted by atomic mass is 9.93. The molecule has 0 aromatic heterocycles. The van der Waals surface area contributed by atoms with Crippen LogP contribution in [0.3, 0.4) is 0 Å². The van der Waals surface area contributed by atoms with Gasteiger partial charge in [-0.05, 0) is 60.9 Å². The predicted molar refractivity (Wildman–Crippen MR) is 111 cm³/mol. The highest BCUT2D eigenvalue weighted by atomic mass is 31.2. The Morgan fingerprint density at radius 2 is 1.90 bits per heavy atom. The van der Waals surface area contributed by atoms with Gasteiger partial charge in [0.2, 0.25) is 0 Å². The third-order valence-electron chi connectivity index (χ3n) is 5.31. The maximum Gasteiger partial charge on any atom is 0.469 e. The quantitative estimate of drug-likeness (QED) is 0.329. The monoisotopic (exact) mass is 436 g/mol. The van der Waals surface area contributed by atoms with Crippen molar-refractivity contribution in [2.45, 2.75) is 44.2 Å². The Morgan fingerprint density at radius 1 is 1.23 bits per heavy atom. The molecule has 1 fully saturated rings. The zero-order chi connectivity index (χ0) is 21.8. The van der Waals surface area contributed by atoms with Crippen molar-refractivity contribution in [2.24, 2.45) is 10.9 Å². The van der Waals surface area contributed by atoms with Gasteiger partial charge < -0.3 is 20.4 Å². The molecule has 4 N–H and O–H groups in total. The van der Waals surface area contributed by atoms with Crippen molar-refractivity contribution in [3.05, 3.63) is 71.0 Å². The maximum atomic E-state index is 12.9. The zero-order valence-corrected chi connectivity index (χ0v) is 17.6. The van der Waals surface area contributed by atoms with Gasteiger partial charge in [0.25, 0.3) is 0 Å². The Balaban J connectivity index is 1.55. The molecule has 7 nitrogen and oxygen atoms in total. The van der Waals surface area contributed by atoms with Crippen LogP contribution >= 0.6 is 7.82 Å². The minimum atomic E-state index is -4.52. The van der Waals surface area contributed by atoms with Crippen molar-refractivity contribution in [1.82, 2.24) is 0 Å². The third kappa shape index (κ3) is 6.45. The van der Waals surface area contributed by atoms with Crippen LogP contribution in [0.15, 0.2) is 53.7 Å². The Bertz CT molecular complexity index is 929. The smallest absolute Gasteiger partial charge is 0.391 e. The first-order valence-corrected chi connectivity index (χ1v) is 11.2. The molecule has 3 rings (SSSR count). The van der Waals surface area contributed by atoms with E-state index in [2.05, 4.69) is 9.68 Å². The largest absolute Gasteiger partial charge is 0.469 e. The molecule has 2 atom stereocenters. The molecule has 0 amide bonds. The number of phosphoric acid groups is 1. The van der Waals surface area contributed by atoms with Gasteiger partial charge in [-0.3, -0.25) is 4.52 Å². The summed E-state index contributed by atoms with van der Waals surface area (Å²) in [7, 11) is -4.52. The lowest BCUT2D eigenvalue weighted by Gasteiger charge is -2.24. The summed E-state index contributed by atoms with van der Waals surface area (Å²) in [6.07, 6.45) is 2.06. The van der Waals surface area contributed by atoms with Crippen molar-refractivity contribution in [3.8, 4) is 0 Å². The molecule has 0 spiro atoms. The van der Waals surface area contributed by atoms with Crippen molar-refractivity contribution in [1.29, 1.82) is 0 Å². The maximum absolute atomic E-state index is 12.9. The van der Waals surface area contributed by atoms with E-state index < -0.39 is 13.4 Å². The van der Waals surface area contributed by atoms with Gasteiger partial charge in [-0.2, -0.15) is 0 Å². The molecular weight excluding hydrogens is 410 g/mol. The number of benzene rings is 2. The second-order valence-corrected chi connectivity index (χ2v) is 9.00. The van der Waals surface area contributed by atoms with Gasteiger partial charge in [0.05, 0.1) is 12.3 Å². The fraction of sp³-hybridized carbons (Fsp3) is 0.381. The number of hydrogen-bond donors (Lipinski definition) is 3.